The molecule has 1 fully saturated rings. The van der Waals surface area contributed by atoms with Gasteiger partial charge in [0.1, 0.15) is 0 Å². The van der Waals surface area contributed by atoms with E-state index in [9.17, 15) is 4.79 Å². The second kappa shape index (κ2) is 6.04. The third kappa shape index (κ3) is 3.63. The van der Waals surface area contributed by atoms with Crippen LogP contribution in [0.5, 0.6) is 0 Å². The smallest absolute Gasteiger partial charge is 0.246 e. The Labute approximate surface area is 98.5 Å². The van der Waals surface area contributed by atoms with Crippen LogP contribution < -0.4 is 0 Å². The number of carbonyl (C=O) groups excluding carboxylic acids is 1. The molecule has 0 bridgehead atoms. The normalized spacial score (nSPS) is 23.2. The highest BCUT2D eigenvalue weighted by Gasteiger charge is 2.24. The fourth-order valence-electron chi connectivity index (χ4n) is 1.84. The van der Waals surface area contributed by atoms with Gasteiger partial charge in [-0.05, 0) is 31.8 Å². The molecule has 92 valence electrons. The zero-order chi connectivity index (χ0) is 12.1. The van der Waals surface area contributed by atoms with Gasteiger partial charge in [0.25, 0.3) is 0 Å². The number of piperidine rings is 1. The maximum Gasteiger partial charge on any atom is 0.246 e. The average molecular weight is 225 g/mol. The van der Waals surface area contributed by atoms with Gasteiger partial charge in [0.2, 0.25) is 5.91 Å². The fourth-order valence-corrected chi connectivity index (χ4v) is 1.84. The Kier molecular flexibility index (Phi) is 5.00. The molecule has 0 N–H and O–H groups in total. The Morgan fingerprint density at radius 2 is 2.19 bits per heavy atom. The summed E-state index contributed by atoms with van der Waals surface area (Å²) in [5, 5.41) is 0. The molecule has 0 aromatic heterocycles. The number of amides is 1. The summed E-state index contributed by atoms with van der Waals surface area (Å²) in [6.07, 6.45) is 3.90. The van der Waals surface area contributed by atoms with Crippen molar-refractivity contribution in [2.45, 2.75) is 45.8 Å². The van der Waals surface area contributed by atoms with Gasteiger partial charge in [-0.15, -0.1) is 0 Å². The summed E-state index contributed by atoms with van der Waals surface area (Å²) in [7, 11) is 0. The zero-order valence-corrected chi connectivity index (χ0v) is 10.6. The SMILES string of the molecule is C=CC(=O)N1CCCC(OC(C)C(C)C)C1. The molecule has 2 atom stereocenters. The van der Waals surface area contributed by atoms with Crippen LogP contribution in [0.2, 0.25) is 0 Å². The topological polar surface area (TPSA) is 29.5 Å². The van der Waals surface area contributed by atoms with Crippen molar-refractivity contribution in [3.8, 4) is 0 Å². The molecule has 0 radical (unpaired) electrons. The molecule has 1 aliphatic heterocycles. The summed E-state index contributed by atoms with van der Waals surface area (Å²) in [6.45, 7) is 11.5. The minimum absolute atomic E-state index is 0.0190. The number of rotatable bonds is 4. The summed E-state index contributed by atoms with van der Waals surface area (Å²) in [6, 6.07) is 0. The van der Waals surface area contributed by atoms with E-state index in [0.717, 1.165) is 19.4 Å². The Hall–Kier alpha value is -0.830. The van der Waals surface area contributed by atoms with Gasteiger partial charge in [-0.25, -0.2) is 0 Å². The summed E-state index contributed by atoms with van der Waals surface area (Å²) < 4.78 is 5.95. The number of hydrogen-bond acceptors (Lipinski definition) is 2. The van der Waals surface area contributed by atoms with E-state index in [2.05, 4.69) is 27.4 Å². The van der Waals surface area contributed by atoms with Gasteiger partial charge in [0.05, 0.1) is 12.2 Å². The Morgan fingerprint density at radius 1 is 1.50 bits per heavy atom. The van der Waals surface area contributed by atoms with Crippen molar-refractivity contribution in [3.05, 3.63) is 12.7 Å². The van der Waals surface area contributed by atoms with Crippen LogP contribution in [-0.4, -0.2) is 36.1 Å². The molecule has 0 aliphatic carbocycles. The predicted octanol–water partition coefficient (Wildman–Crippen LogP) is 2.22. The summed E-state index contributed by atoms with van der Waals surface area (Å²) in [5.74, 6) is 0.538. The third-order valence-corrected chi connectivity index (χ3v) is 3.21. The molecular formula is C13H23NO2. The lowest BCUT2D eigenvalue weighted by molar-refractivity contribution is -0.132. The van der Waals surface area contributed by atoms with Gasteiger partial charge >= 0.3 is 0 Å². The van der Waals surface area contributed by atoms with E-state index >= 15 is 0 Å². The van der Waals surface area contributed by atoms with Gasteiger partial charge in [0, 0.05) is 13.1 Å². The van der Waals surface area contributed by atoms with Crippen molar-refractivity contribution in [1.82, 2.24) is 4.90 Å². The van der Waals surface area contributed by atoms with Crippen LogP contribution >= 0.6 is 0 Å². The van der Waals surface area contributed by atoms with E-state index in [4.69, 9.17) is 4.74 Å². The van der Waals surface area contributed by atoms with Gasteiger partial charge in [-0.1, -0.05) is 20.4 Å². The van der Waals surface area contributed by atoms with Crippen molar-refractivity contribution < 1.29 is 9.53 Å². The minimum Gasteiger partial charge on any atom is -0.373 e. The van der Waals surface area contributed by atoms with E-state index in [1.807, 2.05) is 4.90 Å². The van der Waals surface area contributed by atoms with E-state index in [0.29, 0.717) is 12.5 Å². The first-order chi connectivity index (χ1) is 7.54. The summed E-state index contributed by atoms with van der Waals surface area (Å²) in [5.41, 5.74) is 0. The van der Waals surface area contributed by atoms with Crippen molar-refractivity contribution in [1.29, 1.82) is 0 Å². The zero-order valence-electron chi connectivity index (χ0n) is 10.6. The Balaban J connectivity index is 2.44. The molecule has 0 spiro atoms. The molecule has 3 nitrogen and oxygen atoms in total. The fraction of sp³-hybridized carbons (Fsp3) is 0.769. The molecule has 16 heavy (non-hydrogen) atoms. The van der Waals surface area contributed by atoms with Gasteiger partial charge < -0.3 is 9.64 Å². The number of ether oxygens (including phenoxy) is 1. The van der Waals surface area contributed by atoms with E-state index < -0.39 is 0 Å². The molecule has 1 heterocycles. The Morgan fingerprint density at radius 3 is 2.75 bits per heavy atom. The summed E-state index contributed by atoms with van der Waals surface area (Å²) >= 11 is 0. The first-order valence-corrected chi connectivity index (χ1v) is 6.11. The molecule has 2 unspecified atom stereocenters. The molecule has 1 rings (SSSR count). The van der Waals surface area contributed by atoms with Gasteiger partial charge in [-0.3, -0.25) is 4.79 Å². The lowest BCUT2D eigenvalue weighted by Crippen LogP contribution is -2.43. The predicted molar refractivity (Wildman–Crippen MR) is 65.2 cm³/mol. The molecule has 0 aromatic rings. The quantitative estimate of drug-likeness (QED) is 0.687. The molecule has 1 saturated heterocycles. The number of hydrogen-bond donors (Lipinski definition) is 0. The third-order valence-electron chi connectivity index (χ3n) is 3.21. The second-order valence-corrected chi connectivity index (χ2v) is 4.84. The standard InChI is InChI=1S/C13H23NO2/c1-5-13(15)14-8-6-7-12(9-14)16-11(4)10(2)3/h5,10-12H,1,6-9H2,2-4H3. The largest absolute Gasteiger partial charge is 0.373 e. The first-order valence-electron chi connectivity index (χ1n) is 6.11. The van der Waals surface area contributed by atoms with Crippen LogP contribution in [0.25, 0.3) is 0 Å². The van der Waals surface area contributed by atoms with Crippen molar-refractivity contribution in [3.63, 3.8) is 0 Å². The van der Waals surface area contributed by atoms with Crippen LogP contribution in [0.3, 0.4) is 0 Å². The van der Waals surface area contributed by atoms with Crippen LogP contribution in [0.1, 0.15) is 33.6 Å². The highest BCUT2D eigenvalue weighted by Crippen LogP contribution is 2.17. The van der Waals surface area contributed by atoms with Crippen LogP contribution in [0, 0.1) is 5.92 Å². The molecule has 3 heteroatoms. The molecule has 0 saturated carbocycles. The number of likely N-dealkylation sites (tertiary alicyclic amines) is 1. The van der Waals surface area contributed by atoms with Crippen LogP contribution in [-0.2, 0) is 9.53 Å². The molecule has 1 aliphatic rings. The average Bonchev–Trinajstić information content (AvgIpc) is 2.28. The maximum absolute atomic E-state index is 11.5. The van der Waals surface area contributed by atoms with E-state index in [1.165, 1.54) is 6.08 Å². The molecule has 0 aromatic carbocycles. The van der Waals surface area contributed by atoms with Crippen molar-refractivity contribution >= 4 is 5.91 Å². The highest BCUT2D eigenvalue weighted by atomic mass is 16.5. The van der Waals surface area contributed by atoms with Gasteiger partial charge in [0.15, 0.2) is 0 Å². The van der Waals surface area contributed by atoms with Gasteiger partial charge in [-0.2, -0.15) is 0 Å². The monoisotopic (exact) mass is 225 g/mol. The maximum atomic E-state index is 11.5. The van der Waals surface area contributed by atoms with Crippen molar-refractivity contribution in [2.75, 3.05) is 13.1 Å². The Bertz CT molecular complexity index is 250. The lowest BCUT2D eigenvalue weighted by atomic mass is 10.1. The first kappa shape index (κ1) is 13.2. The molecule has 1 amide bonds. The van der Waals surface area contributed by atoms with Crippen LogP contribution in [0.4, 0.5) is 0 Å². The summed E-state index contributed by atoms with van der Waals surface area (Å²) in [4.78, 5) is 13.3. The van der Waals surface area contributed by atoms with E-state index in [-0.39, 0.29) is 18.1 Å². The van der Waals surface area contributed by atoms with Crippen LogP contribution in [0.15, 0.2) is 12.7 Å². The van der Waals surface area contributed by atoms with Crippen molar-refractivity contribution in [2.24, 2.45) is 5.92 Å². The second-order valence-electron chi connectivity index (χ2n) is 4.84. The lowest BCUT2D eigenvalue weighted by Gasteiger charge is -2.34. The molecular weight excluding hydrogens is 202 g/mol. The highest BCUT2D eigenvalue weighted by molar-refractivity contribution is 5.87. The minimum atomic E-state index is 0.0190. The van der Waals surface area contributed by atoms with E-state index in [1.54, 1.807) is 0 Å². The number of nitrogens with zero attached hydrogens (tertiary/aromatic N) is 1. The number of carbonyl (C=O) groups is 1.